The Hall–Kier alpha value is -3.42. The summed E-state index contributed by atoms with van der Waals surface area (Å²) in [5.41, 5.74) is 2.70. The van der Waals surface area contributed by atoms with Gasteiger partial charge < -0.3 is 10.1 Å². The van der Waals surface area contributed by atoms with Crippen molar-refractivity contribution in [3.63, 3.8) is 0 Å². The minimum Gasteiger partial charge on any atom is -0.497 e. The van der Waals surface area contributed by atoms with Gasteiger partial charge in [0.15, 0.2) is 11.5 Å². The fourth-order valence-electron chi connectivity index (χ4n) is 3.01. The fourth-order valence-corrected chi connectivity index (χ4v) is 3.01. The maximum absolute atomic E-state index is 5.19. The number of aromatic nitrogens is 6. The van der Waals surface area contributed by atoms with Crippen LogP contribution in [0.5, 0.6) is 5.75 Å². The number of hydrogen-bond acceptors (Lipinski definition) is 6. The van der Waals surface area contributed by atoms with Gasteiger partial charge in [-0.05, 0) is 55.3 Å². The van der Waals surface area contributed by atoms with E-state index in [-0.39, 0.29) is 0 Å². The molecule has 0 atom stereocenters. The van der Waals surface area contributed by atoms with E-state index in [0.717, 1.165) is 34.4 Å². The highest BCUT2D eigenvalue weighted by Crippen LogP contribution is 2.38. The summed E-state index contributed by atoms with van der Waals surface area (Å²) in [7, 11) is 1.66. The predicted molar refractivity (Wildman–Crippen MR) is 100 cm³/mol. The van der Waals surface area contributed by atoms with E-state index in [4.69, 9.17) is 4.74 Å². The van der Waals surface area contributed by atoms with E-state index < -0.39 is 0 Å². The van der Waals surface area contributed by atoms with Crippen molar-refractivity contribution in [1.29, 1.82) is 0 Å². The van der Waals surface area contributed by atoms with Crippen LogP contribution < -0.4 is 10.1 Å². The Bertz CT molecular complexity index is 1080. The minimum absolute atomic E-state index is 0.503. The van der Waals surface area contributed by atoms with E-state index in [9.17, 15) is 0 Å². The number of ether oxygens (including phenoxy) is 1. The van der Waals surface area contributed by atoms with Crippen LogP contribution in [0.3, 0.4) is 0 Å². The molecule has 8 heteroatoms. The zero-order valence-corrected chi connectivity index (χ0v) is 14.9. The van der Waals surface area contributed by atoms with Gasteiger partial charge in [-0.2, -0.15) is 9.61 Å². The number of fused-ring (bicyclic) bond motifs is 1. The summed E-state index contributed by atoms with van der Waals surface area (Å²) in [6, 6.07) is 13.6. The fraction of sp³-hybridized carbons (Fsp3) is 0.263. The molecule has 136 valence electrons. The summed E-state index contributed by atoms with van der Waals surface area (Å²) >= 11 is 0. The Morgan fingerprint density at radius 1 is 1.04 bits per heavy atom. The number of nitrogens with one attached hydrogen (secondary N) is 1. The normalized spacial score (nSPS) is 13.8. The molecule has 0 aliphatic heterocycles. The number of nitrogens with zero attached hydrogens (tertiary/aromatic N) is 6. The molecule has 0 unspecified atom stereocenters. The molecule has 3 aromatic heterocycles. The Balaban J connectivity index is 1.30. The molecule has 1 N–H and O–H groups in total. The lowest BCUT2D eigenvalue weighted by molar-refractivity contribution is 0.414. The summed E-state index contributed by atoms with van der Waals surface area (Å²) in [4.78, 5) is 0. The molecule has 0 amide bonds. The number of methoxy groups -OCH3 is 1. The molecule has 1 aliphatic carbocycles. The summed E-state index contributed by atoms with van der Waals surface area (Å²) < 4.78 is 8.88. The molecular weight excluding hydrogens is 342 g/mol. The largest absolute Gasteiger partial charge is 0.497 e. The molecule has 0 radical (unpaired) electrons. The monoisotopic (exact) mass is 361 g/mol. The third-order valence-corrected chi connectivity index (χ3v) is 4.66. The van der Waals surface area contributed by atoms with E-state index in [1.165, 1.54) is 12.8 Å². The van der Waals surface area contributed by atoms with Crippen molar-refractivity contribution >= 4 is 11.5 Å². The quantitative estimate of drug-likeness (QED) is 0.569. The summed E-state index contributed by atoms with van der Waals surface area (Å²) in [5.74, 6) is 3.07. The third-order valence-electron chi connectivity index (χ3n) is 4.66. The van der Waals surface area contributed by atoms with Crippen LogP contribution in [-0.4, -0.2) is 36.7 Å². The lowest BCUT2D eigenvalue weighted by Crippen LogP contribution is -2.06. The van der Waals surface area contributed by atoms with Gasteiger partial charge in [-0.15, -0.1) is 15.3 Å². The highest BCUT2D eigenvalue weighted by molar-refractivity contribution is 5.44. The molecule has 1 aromatic carbocycles. The zero-order valence-electron chi connectivity index (χ0n) is 14.9. The van der Waals surface area contributed by atoms with Crippen LogP contribution in [0.2, 0.25) is 0 Å². The first-order valence-corrected chi connectivity index (χ1v) is 8.95. The van der Waals surface area contributed by atoms with Crippen LogP contribution in [0.25, 0.3) is 11.3 Å². The van der Waals surface area contributed by atoms with Gasteiger partial charge in [0.2, 0.25) is 0 Å². The van der Waals surface area contributed by atoms with Crippen LogP contribution in [0.15, 0.2) is 48.7 Å². The van der Waals surface area contributed by atoms with Gasteiger partial charge in [0.05, 0.1) is 25.0 Å². The first-order valence-electron chi connectivity index (χ1n) is 8.95. The van der Waals surface area contributed by atoms with Crippen molar-refractivity contribution in [2.24, 2.45) is 0 Å². The first kappa shape index (κ1) is 15.8. The number of anilines is 1. The van der Waals surface area contributed by atoms with Crippen molar-refractivity contribution < 1.29 is 4.74 Å². The summed E-state index contributed by atoms with van der Waals surface area (Å²) in [6.45, 7) is 0.586. The van der Waals surface area contributed by atoms with Crippen molar-refractivity contribution in [3.8, 4) is 11.4 Å². The average molecular weight is 361 g/mol. The van der Waals surface area contributed by atoms with Gasteiger partial charge in [0.1, 0.15) is 11.6 Å². The Morgan fingerprint density at radius 2 is 1.89 bits per heavy atom. The van der Waals surface area contributed by atoms with E-state index in [0.29, 0.717) is 12.5 Å². The van der Waals surface area contributed by atoms with Crippen LogP contribution in [0.1, 0.15) is 30.3 Å². The second-order valence-electron chi connectivity index (χ2n) is 6.62. The van der Waals surface area contributed by atoms with E-state index in [1.54, 1.807) is 7.11 Å². The molecule has 1 saturated carbocycles. The molecule has 8 nitrogen and oxygen atoms in total. The van der Waals surface area contributed by atoms with Crippen LogP contribution >= 0.6 is 0 Å². The van der Waals surface area contributed by atoms with Gasteiger partial charge in [-0.3, -0.25) is 0 Å². The molecule has 5 rings (SSSR count). The molecule has 1 aliphatic rings. The van der Waals surface area contributed by atoms with Crippen molar-refractivity contribution in [2.75, 3.05) is 12.4 Å². The average Bonchev–Trinajstić information content (AvgIpc) is 3.29. The van der Waals surface area contributed by atoms with Gasteiger partial charge in [0, 0.05) is 12.1 Å². The lowest BCUT2D eigenvalue weighted by Gasteiger charge is -2.05. The summed E-state index contributed by atoms with van der Waals surface area (Å²) in [5, 5.41) is 21.0. The van der Waals surface area contributed by atoms with Crippen LogP contribution in [-0.2, 0) is 6.54 Å². The third kappa shape index (κ3) is 3.10. The van der Waals surface area contributed by atoms with Gasteiger partial charge in [-0.1, -0.05) is 0 Å². The maximum atomic E-state index is 5.19. The minimum atomic E-state index is 0.503. The second-order valence-corrected chi connectivity index (χ2v) is 6.62. The second kappa shape index (κ2) is 6.39. The molecule has 0 spiro atoms. The smallest absolute Gasteiger partial charge is 0.178 e. The Morgan fingerprint density at radius 3 is 2.67 bits per heavy atom. The summed E-state index contributed by atoms with van der Waals surface area (Å²) in [6.07, 6.45) is 4.28. The maximum Gasteiger partial charge on any atom is 0.178 e. The number of hydrogen-bond donors (Lipinski definition) is 1. The van der Waals surface area contributed by atoms with Gasteiger partial charge in [-0.25, -0.2) is 4.68 Å². The molecule has 3 heterocycles. The van der Waals surface area contributed by atoms with Crippen molar-refractivity contribution in [2.45, 2.75) is 25.3 Å². The first-order chi connectivity index (χ1) is 13.3. The van der Waals surface area contributed by atoms with E-state index in [1.807, 2.05) is 57.9 Å². The molecule has 0 bridgehead atoms. The van der Waals surface area contributed by atoms with Crippen LogP contribution in [0, 0.1) is 0 Å². The Kier molecular flexibility index (Phi) is 3.74. The molecule has 1 fully saturated rings. The van der Waals surface area contributed by atoms with E-state index in [2.05, 4.69) is 25.7 Å². The molecular formula is C19H19N7O. The zero-order chi connectivity index (χ0) is 18.2. The van der Waals surface area contributed by atoms with Gasteiger partial charge in [0.25, 0.3) is 0 Å². The van der Waals surface area contributed by atoms with Crippen molar-refractivity contribution in [1.82, 2.24) is 29.6 Å². The Labute approximate surface area is 155 Å². The molecule has 0 saturated heterocycles. The molecule has 4 aromatic rings. The number of rotatable bonds is 6. The highest BCUT2D eigenvalue weighted by atomic mass is 16.5. The number of benzene rings is 1. The van der Waals surface area contributed by atoms with Gasteiger partial charge >= 0.3 is 0 Å². The lowest BCUT2D eigenvalue weighted by atomic mass is 10.3. The molecule has 27 heavy (non-hydrogen) atoms. The standard InChI is InChI=1S/C19H19N7O/c1-27-16-6-4-15(5-7-16)25-11-10-14(23-25)12-20-17-8-9-18-21-22-19(13-2-3-13)26(18)24-17/h4-11,13H,2-3,12H2,1H3,(H,20,24). The topological polar surface area (TPSA) is 82.2 Å². The predicted octanol–water partition coefficient (Wildman–Crippen LogP) is 2.81. The van der Waals surface area contributed by atoms with Crippen molar-refractivity contribution in [3.05, 3.63) is 60.2 Å². The van der Waals surface area contributed by atoms with Crippen LogP contribution in [0.4, 0.5) is 5.82 Å². The van der Waals surface area contributed by atoms with E-state index >= 15 is 0 Å². The SMILES string of the molecule is COc1ccc(-n2ccc(CNc3ccc4nnc(C5CC5)n4n3)n2)cc1. The highest BCUT2D eigenvalue weighted by Gasteiger charge is 2.29.